The molecule has 1 fully saturated rings. The molecular weight excluding hydrogens is 208 g/mol. The number of carboxylic acids is 1. The highest BCUT2D eigenvalue weighted by atomic mass is 16.5. The van der Waals surface area contributed by atoms with Gasteiger partial charge in [-0.25, -0.2) is 9.78 Å². The lowest BCUT2D eigenvalue weighted by Gasteiger charge is -2.16. The molecule has 0 bridgehead atoms. The van der Waals surface area contributed by atoms with Gasteiger partial charge in [-0.2, -0.15) is 0 Å². The van der Waals surface area contributed by atoms with Crippen LogP contribution in [0.5, 0.6) is 0 Å². The second-order valence-corrected chi connectivity index (χ2v) is 4.03. The van der Waals surface area contributed by atoms with Crippen molar-refractivity contribution in [2.24, 2.45) is 5.92 Å². The number of carbonyl (C=O) groups is 1. The molecule has 0 aliphatic carbocycles. The van der Waals surface area contributed by atoms with Crippen molar-refractivity contribution < 1.29 is 14.6 Å². The number of rotatable bonds is 4. The second-order valence-electron chi connectivity index (χ2n) is 4.03. The Morgan fingerprint density at radius 2 is 2.56 bits per heavy atom. The molecule has 1 aromatic heterocycles. The van der Waals surface area contributed by atoms with E-state index in [2.05, 4.69) is 4.98 Å². The Kier molecular flexibility index (Phi) is 3.24. The monoisotopic (exact) mass is 224 g/mol. The molecule has 1 N–H and O–H groups in total. The largest absolute Gasteiger partial charge is 0.479 e. The van der Waals surface area contributed by atoms with E-state index < -0.39 is 12.1 Å². The lowest BCUT2D eigenvalue weighted by Crippen LogP contribution is -2.29. The van der Waals surface area contributed by atoms with Crippen molar-refractivity contribution in [1.82, 2.24) is 9.55 Å². The Hall–Kier alpha value is -1.36. The van der Waals surface area contributed by atoms with E-state index in [4.69, 9.17) is 9.84 Å². The van der Waals surface area contributed by atoms with Crippen molar-refractivity contribution in [3.63, 3.8) is 0 Å². The number of aryl methyl sites for hydroxylation is 1. The molecule has 5 heteroatoms. The topological polar surface area (TPSA) is 64.4 Å². The SMILES string of the molecule is CCc1nccn1C[C@@H]1CCO[C@@H]1C(=O)O. The predicted octanol–water partition coefficient (Wildman–Crippen LogP) is 0.935. The highest BCUT2D eigenvalue weighted by molar-refractivity contribution is 5.73. The normalized spacial score (nSPS) is 24.8. The minimum atomic E-state index is -0.860. The van der Waals surface area contributed by atoms with Crippen LogP contribution >= 0.6 is 0 Å². The molecular formula is C11H16N2O3. The van der Waals surface area contributed by atoms with Crippen LogP contribution in [0.3, 0.4) is 0 Å². The standard InChI is InChI=1S/C11H16N2O3/c1-2-9-12-4-5-13(9)7-8-3-6-16-10(8)11(14)15/h4-5,8,10H,2-3,6-7H2,1H3,(H,14,15)/t8-,10-/m0/s1. The number of ether oxygens (including phenoxy) is 1. The van der Waals surface area contributed by atoms with E-state index in [1.165, 1.54) is 0 Å². The van der Waals surface area contributed by atoms with Gasteiger partial charge in [0.15, 0.2) is 6.10 Å². The van der Waals surface area contributed by atoms with Crippen LogP contribution in [0.15, 0.2) is 12.4 Å². The van der Waals surface area contributed by atoms with E-state index in [1.54, 1.807) is 6.20 Å². The van der Waals surface area contributed by atoms with Gasteiger partial charge in [0.25, 0.3) is 0 Å². The fraction of sp³-hybridized carbons (Fsp3) is 0.636. The van der Waals surface area contributed by atoms with Crippen LogP contribution in [-0.2, 0) is 22.5 Å². The quantitative estimate of drug-likeness (QED) is 0.826. The zero-order valence-corrected chi connectivity index (χ0v) is 9.30. The molecule has 0 spiro atoms. The molecule has 0 aromatic carbocycles. The summed E-state index contributed by atoms with van der Waals surface area (Å²) in [7, 11) is 0. The van der Waals surface area contributed by atoms with E-state index in [1.807, 2.05) is 17.7 Å². The summed E-state index contributed by atoms with van der Waals surface area (Å²) in [4.78, 5) is 15.2. The number of hydrogen-bond acceptors (Lipinski definition) is 3. The number of aromatic nitrogens is 2. The molecule has 88 valence electrons. The molecule has 0 saturated carbocycles. The third-order valence-electron chi connectivity index (χ3n) is 3.01. The summed E-state index contributed by atoms with van der Waals surface area (Å²) in [6, 6.07) is 0. The summed E-state index contributed by atoms with van der Waals surface area (Å²) >= 11 is 0. The van der Waals surface area contributed by atoms with Gasteiger partial charge in [-0.3, -0.25) is 0 Å². The van der Waals surface area contributed by atoms with Gasteiger partial charge in [-0.05, 0) is 6.42 Å². The van der Waals surface area contributed by atoms with Gasteiger partial charge >= 0.3 is 5.97 Å². The molecule has 5 nitrogen and oxygen atoms in total. The van der Waals surface area contributed by atoms with Crippen molar-refractivity contribution >= 4 is 5.97 Å². The number of imidazole rings is 1. The van der Waals surface area contributed by atoms with E-state index in [-0.39, 0.29) is 5.92 Å². The molecule has 1 aliphatic heterocycles. The van der Waals surface area contributed by atoms with Crippen LogP contribution < -0.4 is 0 Å². The van der Waals surface area contributed by atoms with Crippen LogP contribution in [0.1, 0.15) is 19.2 Å². The lowest BCUT2D eigenvalue weighted by atomic mass is 10.0. The van der Waals surface area contributed by atoms with Gasteiger partial charge in [0.05, 0.1) is 0 Å². The van der Waals surface area contributed by atoms with Crippen molar-refractivity contribution in [2.75, 3.05) is 6.61 Å². The molecule has 1 aromatic rings. The van der Waals surface area contributed by atoms with Crippen LogP contribution in [0, 0.1) is 5.92 Å². The summed E-state index contributed by atoms with van der Waals surface area (Å²) in [6.45, 7) is 3.26. The van der Waals surface area contributed by atoms with Gasteiger partial charge < -0.3 is 14.4 Å². The molecule has 1 saturated heterocycles. The highest BCUT2D eigenvalue weighted by Crippen LogP contribution is 2.23. The molecule has 2 atom stereocenters. The smallest absolute Gasteiger partial charge is 0.333 e. The first-order chi connectivity index (χ1) is 7.72. The summed E-state index contributed by atoms with van der Waals surface area (Å²) < 4.78 is 7.24. The van der Waals surface area contributed by atoms with E-state index >= 15 is 0 Å². The second kappa shape index (κ2) is 4.65. The van der Waals surface area contributed by atoms with Crippen molar-refractivity contribution in [1.29, 1.82) is 0 Å². The van der Waals surface area contributed by atoms with Crippen LogP contribution in [-0.4, -0.2) is 33.3 Å². The van der Waals surface area contributed by atoms with E-state index in [0.29, 0.717) is 13.2 Å². The number of carboxylic acid groups (broad SMARTS) is 1. The average Bonchev–Trinajstić information content (AvgIpc) is 2.86. The molecule has 0 amide bonds. The third-order valence-corrected chi connectivity index (χ3v) is 3.01. The first kappa shape index (κ1) is 11.1. The zero-order chi connectivity index (χ0) is 11.5. The van der Waals surface area contributed by atoms with Gasteiger partial charge in [-0.15, -0.1) is 0 Å². The first-order valence-electron chi connectivity index (χ1n) is 5.56. The molecule has 0 radical (unpaired) electrons. The number of aliphatic carboxylic acids is 1. The Morgan fingerprint density at radius 3 is 3.25 bits per heavy atom. The zero-order valence-electron chi connectivity index (χ0n) is 9.30. The Bertz CT molecular complexity index is 375. The van der Waals surface area contributed by atoms with Gasteiger partial charge in [0.2, 0.25) is 0 Å². The Morgan fingerprint density at radius 1 is 1.75 bits per heavy atom. The van der Waals surface area contributed by atoms with Crippen LogP contribution in [0.2, 0.25) is 0 Å². The highest BCUT2D eigenvalue weighted by Gasteiger charge is 2.34. The molecule has 0 unspecified atom stereocenters. The van der Waals surface area contributed by atoms with Crippen molar-refractivity contribution in [3.05, 3.63) is 18.2 Å². The van der Waals surface area contributed by atoms with E-state index in [0.717, 1.165) is 18.7 Å². The minimum absolute atomic E-state index is 0.0528. The maximum Gasteiger partial charge on any atom is 0.333 e. The fourth-order valence-electron chi connectivity index (χ4n) is 2.17. The molecule has 2 heterocycles. The molecule has 2 rings (SSSR count). The first-order valence-corrected chi connectivity index (χ1v) is 5.56. The summed E-state index contributed by atoms with van der Waals surface area (Å²) in [5.74, 6) is 0.189. The van der Waals surface area contributed by atoms with Crippen LogP contribution in [0.4, 0.5) is 0 Å². The summed E-state index contributed by atoms with van der Waals surface area (Å²) in [5.41, 5.74) is 0. The number of hydrogen-bond donors (Lipinski definition) is 1. The summed E-state index contributed by atoms with van der Waals surface area (Å²) in [5, 5.41) is 8.99. The average molecular weight is 224 g/mol. The van der Waals surface area contributed by atoms with Crippen molar-refractivity contribution in [3.8, 4) is 0 Å². The predicted molar refractivity (Wildman–Crippen MR) is 57.1 cm³/mol. The maximum atomic E-state index is 10.9. The fourth-order valence-corrected chi connectivity index (χ4v) is 2.17. The summed E-state index contributed by atoms with van der Waals surface area (Å²) in [6.07, 6.45) is 4.66. The van der Waals surface area contributed by atoms with Gasteiger partial charge in [-0.1, -0.05) is 6.92 Å². The van der Waals surface area contributed by atoms with Gasteiger partial charge in [0, 0.05) is 37.9 Å². The minimum Gasteiger partial charge on any atom is -0.479 e. The molecule has 1 aliphatic rings. The maximum absolute atomic E-state index is 10.9. The third kappa shape index (κ3) is 2.09. The molecule has 16 heavy (non-hydrogen) atoms. The van der Waals surface area contributed by atoms with Crippen LogP contribution in [0.25, 0.3) is 0 Å². The number of nitrogens with zero attached hydrogens (tertiary/aromatic N) is 2. The Balaban J connectivity index is 2.06. The van der Waals surface area contributed by atoms with E-state index in [9.17, 15) is 4.79 Å². The van der Waals surface area contributed by atoms with Gasteiger partial charge in [0.1, 0.15) is 5.82 Å². The lowest BCUT2D eigenvalue weighted by molar-refractivity contribution is -0.149. The van der Waals surface area contributed by atoms with Crippen molar-refractivity contribution in [2.45, 2.75) is 32.4 Å². The Labute approximate surface area is 94.1 Å².